The summed E-state index contributed by atoms with van der Waals surface area (Å²) < 4.78 is 11.0. The number of nitrogens with one attached hydrogen (secondary N) is 1. The summed E-state index contributed by atoms with van der Waals surface area (Å²) in [6.45, 7) is 3.66. The number of hydrogen-bond acceptors (Lipinski definition) is 5. The van der Waals surface area contributed by atoms with Crippen molar-refractivity contribution in [1.82, 2.24) is 9.88 Å². The molecule has 1 aromatic heterocycles. The maximum atomic E-state index is 12.0. The molecule has 4 heterocycles. The van der Waals surface area contributed by atoms with Crippen LogP contribution in [0.2, 0.25) is 5.02 Å². The van der Waals surface area contributed by atoms with Crippen LogP contribution in [0.15, 0.2) is 72.8 Å². The van der Waals surface area contributed by atoms with Gasteiger partial charge in [0.25, 0.3) is 0 Å². The molecule has 4 aromatic rings. The smallest absolute Gasteiger partial charge is 0.354 e. The number of ether oxygens (including phenoxy) is 2. The van der Waals surface area contributed by atoms with Crippen LogP contribution in [0.5, 0.6) is 5.75 Å². The minimum absolute atomic E-state index is 0.362. The van der Waals surface area contributed by atoms with E-state index in [9.17, 15) is 4.79 Å². The fourth-order valence-corrected chi connectivity index (χ4v) is 6.05. The number of nitrogens with zero attached hydrogens (tertiary/aromatic N) is 2. The van der Waals surface area contributed by atoms with Crippen molar-refractivity contribution >= 4 is 44.9 Å². The zero-order valence-corrected chi connectivity index (χ0v) is 22.3. The van der Waals surface area contributed by atoms with Crippen molar-refractivity contribution in [3.63, 3.8) is 0 Å². The predicted octanol–water partition coefficient (Wildman–Crippen LogP) is 6.44. The first-order valence-electron chi connectivity index (χ1n) is 13.3. The van der Waals surface area contributed by atoms with Crippen molar-refractivity contribution in [2.24, 2.45) is 0 Å². The van der Waals surface area contributed by atoms with Gasteiger partial charge in [-0.3, -0.25) is 4.90 Å². The van der Waals surface area contributed by atoms with E-state index in [1.165, 1.54) is 23.6 Å². The molecule has 7 rings (SSSR count). The van der Waals surface area contributed by atoms with Crippen LogP contribution in [0, 0.1) is 0 Å². The van der Waals surface area contributed by atoms with Crippen LogP contribution in [0.25, 0.3) is 21.7 Å². The third-order valence-corrected chi connectivity index (χ3v) is 8.13. The van der Waals surface area contributed by atoms with Gasteiger partial charge in [-0.15, -0.1) is 0 Å². The minimum Gasteiger partial charge on any atom is -0.493 e. The van der Waals surface area contributed by atoms with Gasteiger partial charge in [0.15, 0.2) is 0 Å². The number of H-pyrrole nitrogens is 1. The highest BCUT2D eigenvalue weighted by Crippen LogP contribution is 2.33. The molecule has 3 aliphatic heterocycles. The first kappa shape index (κ1) is 24.8. The molecule has 0 aliphatic carbocycles. The summed E-state index contributed by atoms with van der Waals surface area (Å²) in [6.07, 6.45) is 7.76. The Balaban J connectivity index is 1.11. The first-order chi connectivity index (χ1) is 18.6. The number of benzene rings is 3. The van der Waals surface area contributed by atoms with Gasteiger partial charge in [0.1, 0.15) is 11.4 Å². The second-order valence-corrected chi connectivity index (χ2v) is 10.5. The van der Waals surface area contributed by atoms with E-state index in [0.29, 0.717) is 34.9 Å². The van der Waals surface area contributed by atoms with Crippen LogP contribution in [0.1, 0.15) is 29.8 Å². The summed E-state index contributed by atoms with van der Waals surface area (Å²) in [5, 5.41) is 3.92. The highest BCUT2D eigenvalue weighted by atomic mass is 35.5. The largest absolute Gasteiger partial charge is 0.493 e. The molecular weight excluding hydrogens is 498 g/mol. The molecule has 3 aliphatic rings. The number of carbonyl (C=O) groups excluding carboxylic acids is 1. The third-order valence-electron chi connectivity index (χ3n) is 7.81. The van der Waals surface area contributed by atoms with E-state index in [2.05, 4.69) is 69.4 Å². The molecule has 2 atom stereocenters. The lowest BCUT2D eigenvalue weighted by atomic mass is 9.96. The molecule has 1 N–H and O–H groups in total. The Kier molecular flexibility index (Phi) is 7.00. The highest BCUT2D eigenvalue weighted by Gasteiger charge is 2.33. The average Bonchev–Trinajstić information content (AvgIpc) is 3.39. The fraction of sp³-hybridized carbons (Fsp3) is 0.323. The van der Waals surface area contributed by atoms with Gasteiger partial charge in [0.05, 0.1) is 24.3 Å². The van der Waals surface area contributed by atoms with Crippen molar-refractivity contribution in [2.75, 3.05) is 38.3 Å². The van der Waals surface area contributed by atoms with E-state index in [4.69, 9.17) is 21.1 Å². The lowest BCUT2D eigenvalue weighted by Crippen LogP contribution is -2.59. The molecule has 1 saturated heterocycles. The Morgan fingerprint density at radius 3 is 2.66 bits per heavy atom. The van der Waals surface area contributed by atoms with Gasteiger partial charge in [-0.1, -0.05) is 54.1 Å². The van der Waals surface area contributed by atoms with E-state index in [1.54, 1.807) is 12.1 Å². The quantitative estimate of drug-likeness (QED) is 0.170. The number of aromatic amines is 1. The van der Waals surface area contributed by atoms with E-state index in [-0.39, 0.29) is 0 Å². The SMILES string of the molecule is COC(=O)c1cc2c(OCCCN3C[C@H]4C/C=C\C[C@H]3CN4c3ccc4ccccc4c3)ccc(Cl)c2[nH]1. The minimum atomic E-state index is -0.429. The van der Waals surface area contributed by atoms with Gasteiger partial charge in [0.2, 0.25) is 0 Å². The van der Waals surface area contributed by atoms with Gasteiger partial charge in [0, 0.05) is 42.8 Å². The molecule has 3 aromatic carbocycles. The average molecular weight is 530 g/mol. The van der Waals surface area contributed by atoms with Crippen LogP contribution in [-0.4, -0.2) is 61.3 Å². The standard InChI is InChI=1S/C31H32ClN3O3/c1-37-31(36)28-18-26-29(14-13-27(32)30(26)33-28)38-16-6-15-34-19-25-10-5-4-9-24(34)20-35(25)23-12-11-21-7-2-3-8-22(21)17-23/h2-5,7-8,11-14,17-18,24-25,33H,6,9-10,15-16,19-20H2,1H3/b5-4-/t24-,25+/m0/s1. The lowest BCUT2D eigenvalue weighted by Gasteiger charge is -2.48. The maximum Gasteiger partial charge on any atom is 0.354 e. The van der Waals surface area contributed by atoms with E-state index >= 15 is 0 Å². The number of anilines is 1. The van der Waals surface area contributed by atoms with Crippen LogP contribution in [0.4, 0.5) is 5.69 Å². The summed E-state index contributed by atoms with van der Waals surface area (Å²) >= 11 is 6.35. The van der Waals surface area contributed by atoms with Gasteiger partial charge in [-0.05, 0) is 60.4 Å². The summed E-state index contributed by atoms with van der Waals surface area (Å²) in [5.41, 5.74) is 2.37. The molecule has 38 heavy (non-hydrogen) atoms. The van der Waals surface area contributed by atoms with Gasteiger partial charge < -0.3 is 19.4 Å². The highest BCUT2D eigenvalue weighted by molar-refractivity contribution is 6.35. The molecule has 196 valence electrons. The number of piperazine rings is 1. The van der Waals surface area contributed by atoms with E-state index in [0.717, 1.165) is 50.0 Å². The van der Waals surface area contributed by atoms with Crippen molar-refractivity contribution in [3.8, 4) is 5.75 Å². The summed E-state index contributed by atoms with van der Waals surface area (Å²) in [7, 11) is 1.36. The van der Waals surface area contributed by atoms with Gasteiger partial charge in [-0.2, -0.15) is 0 Å². The van der Waals surface area contributed by atoms with Crippen molar-refractivity contribution in [2.45, 2.75) is 31.3 Å². The zero-order chi connectivity index (χ0) is 26.1. The van der Waals surface area contributed by atoms with Crippen molar-refractivity contribution in [1.29, 1.82) is 0 Å². The number of methoxy groups -OCH3 is 1. The van der Waals surface area contributed by atoms with E-state index in [1.807, 2.05) is 6.07 Å². The predicted molar refractivity (Wildman–Crippen MR) is 154 cm³/mol. The maximum absolute atomic E-state index is 12.0. The zero-order valence-electron chi connectivity index (χ0n) is 21.5. The molecule has 7 heteroatoms. The number of halogens is 1. The lowest BCUT2D eigenvalue weighted by molar-refractivity contribution is 0.0595. The topological polar surface area (TPSA) is 57.8 Å². The number of aromatic nitrogens is 1. The summed E-state index contributed by atoms with van der Waals surface area (Å²) in [4.78, 5) is 20.3. The molecule has 0 unspecified atom stereocenters. The van der Waals surface area contributed by atoms with Crippen LogP contribution in [0.3, 0.4) is 0 Å². The molecular formula is C31H32ClN3O3. The monoisotopic (exact) mass is 529 g/mol. The number of esters is 1. The van der Waals surface area contributed by atoms with Crippen LogP contribution < -0.4 is 9.64 Å². The molecule has 0 amide bonds. The molecule has 1 fully saturated rings. The first-order valence-corrected chi connectivity index (χ1v) is 13.7. The molecule has 0 radical (unpaired) electrons. The van der Waals surface area contributed by atoms with Crippen molar-refractivity contribution in [3.05, 3.63) is 83.5 Å². The third kappa shape index (κ3) is 4.86. The Morgan fingerprint density at radius 2 is 1.82 bits per heavy atom. The van der Waals surface area contributed by atoms with E-state index < -0.39 is 5.97 Å². The molecule has 2 bridgehead atoms. The van der Waals surface area contributed by atoms with Crippen LogP contribution >= 0.6 is 11.6 Å². The summed E-state index contributed by atoms with van der Waals surface area (Å²) in [5.74, 6) is 0.289. The molecule has 6 nitrogen and oxygen atoms in total. The van der Waals surface area contributed by atoms with Gasteiger partial charge in [-0.25, -0.2) is 4.79 Å². The Bertz CT molecular complexity index is 1500. The Labute approximate surface area is 227 Å². The number of rotatable bonds is 7. The number of carbonyl (C=O) groups is 1. The number of fused-ring (bicyclic) bond motifs is 6. The second-order valence-electron chi connectivity index (χ2n) is 10.1. The van der Waals surface area contributed by atoms with Gasteiger partial charge >= 0.3 is 5.97 Å². The molecule has 0 spiro atoms. The Morgan fingerprint density at radius 1 is 1.00 bits per heavy atom. The van der Waals surface area contributed by atoms with Crippen molar-refractivity contribution < 1.29 is 14.3 Å². The molecule has 0 saturated carbocycles. The Hall–Kier alpha value is -3.48. The second kappa shape index (κ2) is 10.7. The van der Waals surface area contributed by atoms with Crippen LogP contribution in [-0.2, 0) is 4.74 Å². The summed E-state index contributed by atoms with van der Waals surface area (Å²) in [6, 6.07) is 21.8. The number of hydrogen-bond donors (Lipinski definition) is 1. The normalized spacial score (nSPS) is 20.4. The fourth-order valence-electron chi connectivity index (χ4n) is 5.84.